The summed E-state index contributed by atoms with van der Waals surface area (Å²) in [7, 11) is 0. The molecule has 0 aromatic heterocycles. The fourth-order valence-corrected chi connectivity index (χ4v) is 4.57. The summed E-state index contributed by atoms with van der Waals surface area (Å²) in [6.07, 6.45) is 3.32. The minimum atomic E-state index is -0.328. The van der Waals surface area contributed by atoms with Gasteiger partial charge in [-0.3, -0.25) is 0 Å². The molecular formula is C17H21ClO2S. The first-order valence-electron chi connectivity index (χ1n) is 7.45. The number of rotatable bonds is 2. The first-order chi connectivity index (χ1) is 9.75. The molecule has 1 aromatic carbocycles. The number of ether oxygens (including phenoxy) is 1. The largest absolute Gasteiger partial charge is 0.458 e. The maximum absolute atomic E-state index is 12.5. The molecule has 2 saturated carbocycles. The van der Waals surface area contributed by atoms with E-state index in [2.05, 4.69) is 33.4 Å². The van der Waals surface area contributed by atoms with Crippen molar-refractivity contribution < 1.29 is 9.53 Å². The Balaban J connectivity index is 1.82. The quantitative estimate of drug-likeness (QED) is 0.612. The van der Waals surface area contributed by atoms with Gasteiger partial charge in [0.05, 0.1) is 10.6 Å². The Morgan fingerprint density at radius 1 is 1.38 bits per heavy atom. The van der Waals surface area contributed by atoms with Crippen LogP contribution in [0.2, 0.25) is 5.02 Å². The molecular weight excluding hydrogens is 304 g/mol. The number of thiol groups is 1. The molecule has 0 spiro atoms. The lowest BCUT2D eigenvalue weighted by Gasteiger charge is -2.38. The van der Waals surface area contributed by atoms with E-state index in [0.29, 0.717) is 21.4 Å². The lowest BCUT2D eigenvalue weighted by molar-refractivity contribution is -0.0242. The van der Waals surface area contributed by atoms with Crippen molar-refractivity contribution >= 4 is 30.2 Å². The van der Waals surface area contributed by atoms with Crippen LogP contribution in [0.15, 0.2) is 23.1 Å². The van der Waals surface area contributed by atoms with Crippen LogP contribution in [0.25, 0.3) is 0 Å². The van der Waals surface area contributed by atoms with Crippen molar-refractivity contribution in [2.24, 2.45) is 16.7 Å². The van der Waals surface area contributed by atoms with Crippen LogP contribution in [0.1, 0.15) is 50.4 Å². The fourth-order valence-electron chi connectivity index (χ4n) is 4.17. The molecule has 0 amide bonds. The Hall–Kier alpha value is -0.670. The predicted octanol–water partition coefficient (Wildman–Crippen LogP) is 5.00. The summed E-state index contributed by atoms with van der Waals surface area (Å²) in [6.45, 7) is 6.87. The predicted molar refractivity (Wildman–Crippen MR) is 87.1 cm³/mol. The molecule has 0 N–H and O–H groups in total. The number of carbonyl (C=O) groups excluding carboxylic acids is 1. The highest BCUT2D eigenvalue weighted by Gasteiger charge is 2.62. The number of carbonyl (C=O) groups is 1. The lowest BCUT2D eigenvalue weighted by atomic mass is 9.70. The zero-order valence-corrected chi connectivity index (χ0v) is 14.3. The van der Waals surface area contributed by atoms with Gasteiger partial charge in [-0.1, -0.05) is 32.4 Å². The minimum Gasteiger partial charge on any atom is -0.458 e. The van der Waals surface area contributed by atoms with E-state index in [4.69, 9.17) is 16.3 Å². The number of halogens is 1. The molecule has 2 aliphatic carbocycles. The van der Waals surface area contributed by atoms with Crippen LogP contribution in [0.3, 0.4) is 0 Å². The zero-order chi connectivity index (χ0) is 15.4. The van der Waals surface area contributed by atoms with Crippen LogP contribution < -0.4 is 0 Å². The van der Waals surface area contributed by atoms with Gasteiger partial charge in [0, 0.05) is 10.3 Å². The molecule has 3 atom stereocenters. The first-order valence-corrected chi connectivity index (χ1v) is 8.28. The minimum absolute atomic E-state index is 0.0154. The van der Waals surface area contributed by atoms with E-state index in [0.717, 1.165) is 12.8 Å². The van der Waals surface area contributed by atoms with E-state index >= 15 is 0 Å². The fraction of sp³-hybridized carbons (Fsp3) is 0.588. The van der Waals surface area contributed by atoms with Gasteiger partial charge in [0.25, 0.3) is 0 Å². The van der Waals surface area contributed by atoms with Crippen LogP contribution in [-0.2, 0) is 4.74 Å². The molecule has 0 saturated heterocycles. The van der Waals surface area contributed by atoms with Crippen molar-refractivity contribution in [1.82, 2.24) is 0 Å². The van der Waals surface area contributed by atoms with Crippen molar-refractivity contribution in [1.29, 1.82) is 0 Å². The molecule has 3 rings (SSSR count). The zero-order valence-electron chi connectivity index (χ0n) is 12.6. The van der Waals surface area contributed by atoms with Crippen molar-refractivity contribution in [3.63, 3.8) is 0 Å². The first kappa shape index (κ1) is 15.2. The highest BCUT2D eigenvalue weighted by atomic mass is 35.5. The highest BCUT2D eigenvalue weighted by molar-refractivity contribution is 7.80. The maximum Gasteiger partial charge on any atom is 0.339 e. The molecule has 4 heteroatoms. The third-order valence-electron chi connectivity index (χ3n) is 6.13. The molecule has 0 aliphatic heterocycles. The van der Waals surface area contributed by atoms with Gasteiger partial charge < -0.3 is 4.74 Å². The summed E-state index contributed by atoms with van der Waals surface area (Å²) in [6, 6.07) is 5.13. The number of hydrogen-bond donors (Lipinski definition) is 1. The molecule has 0 heterocycles. The second-order valence-corrected chi connectivity index (χ2v) is 8.09. The molecule has 2 bridgehead atoms. The molecule has 1 aromatic rings. The van der Waals surface area contributed by atoms with Crippen molar-refractivity contribution in [3.05, 3.63) is 28.8 Å². The highest BCUT2D eigenvalue weighted by Crippen LogP contribution is 2.66. The summed E-state index contributed by atoms with van der Waals surface area (Å²) in [4.78, 5) is 13.2. The molecule has 21 heavy (non-hydrogen) atoms. The Labute approximate surface area is 136 Å². The normalized spacial score (nSPS) is 33.2. The Morgan fingerprint density at radius 2 is 2.10 bits per heavy atom. The molecule has 2 aliphatic rings. The lowest BCUT2D eigenvalue weighted by Crippen LogP contribution is -2.38. The second-order valence-electron chi connectivity index (χ2n) is 7.17. The Kier molecular flexibility index (Phi) is 3.57. The van der Waals surface area contributed by atoms with Crippen LogP contribution in [0, 0.1) is 16.7 Å². The third kappa shape index (κ3) is 2.20. The smallest absolute Gasteiger partial charge is 0.339 e. The van der Waals surface area contributed by atoms with Crippen LogP contribution in [-0.4, -0.2) is 12.1 Å². The summed E-state index contributed by atoms with van der Waals surface area (Å²) in [5.41, 5.74) is 0.708. The van der Waals surface area contributed by atoms with Gasteiger partial charge in [-0.25, -0.2) is 4.79 Å². The van der Waals surface area contributed by atoms with Crippen LogP contribution in [0.4, 0.5) is 0 Å². The summed E-state index contributed by atoms with van der Waals surface area (Å²) in [5.74, 6) is 0.317. The van der Waals surface area contributed by atoms with Gasteiger partial charge in [0.15, 0.2) is 0 Å². The van der Waals surface area contributed by atoms with E-state index in [1.54, 1.807) is 18.2 Å². The molecule has 114 valence electrons. The van der Waals surface area contributed by atoms with E-state index in [-0.39, 0.29) is 22.9 Å². The van der Waals surface area contributed by atoms with Gasteiger partial charge in [-0.2, -0.15) is 0 Å². The molecule has 2 fully saturated rings. The van der Waals surface area contributed by atoms with E-state index in [9.17, 15) is 4.79 Å². The SMILES string of the molecule is CC1(C)C2CCC1(C)C(OC(=O)c1cc(S)ccc1Cl)C2. The van der Waals surface area contributed by atoms with Crippen molar-refractivity contribution in [3.8, 4) is 0 Å². The van der Waals surface area contributed by atoms with Crippen molar-refractivity contribution in [2.45, 2.75) is 51.0 Å². The summed E-state index contributed by atoms with van der Waals surface area (Å²) < 4.78 is 5.85. The van der Waals surface area contributed by atoms with Gasteiger partial charge in [-0.05, 0) is 48.8 Å². The van der Waals surface area contributed by atoms with E-state index in [1.165, 1.54) is 6.42 Å². The maximum atomic E-state index is 12.5. The standard InChI is InChI=1S/C17H21ClO2S/c1-16(2)10-6-7-17(16,3)14(8-10)20-15(19)12-9-11(21)4-5-13(12)18/h4-5,9-10,14,21H,6-8H2,1-3H3. The number of benzene rings is 1. The average molecular weight is 325 g/mol. The van der Waals surface area contributed by atoms with Gasteiger partial charge in [0.1, 0.15) is 6.10 Å². The van der Waals surface area contributed by atoms with Gasteiger partial charge >= 0.3 is 5.97 Å². The molecule has 0 radical (unpaired) electrons. The summed E-state index contributed by atoms with van der Waals surface area (Å²) in [5, 5.41) is 0.422. The number of hydrogen-bond acceptors (Lipinski definition) is 3. The van der Waals surface area contributed by atoms with Crippen LogP contribution >= 0.6 is 24.2 Å². The van der Waals surface area contributed by atoms with Gasteiger partial charge in [-0.15, -0.1) is 12.6 Å². The number of fused-ring (bicyclic) bond motifs is 2. The van der Waals surface area contributed by atoms with E-state index in [1.807, 2.05) is 0 Å². The average Bonchev–Trinajstić information content (AvgIpc) is 2.74. The third-order valence-corrected chi connectivity index (χ3v) is 6.74. The monoisotopic (exact) mass is 324 g/mol. The Bertz CT molecular complexity index is 598. The second kappa shape index (κ2) is 4.92. The summed E-state index contributed by atoms with van der Waals surface area (Å²) >= 11 is 10.4. The molecule has 3 unspecified atom stereocenters. The Morgan fingerprint density at radius 3 is 2.67 bits per heavy atom. The van der Waals surface area contributed by atoms with E-state index < -0.39 is 0 Å². The topological polar surface area (TPSA) is 26.3 Å². The van der Waals surface area contributed by atoms with Crippen molar-refractivity contribution in [2.75, 3.05) is 0 Å². The molecule has 2 nitrogen and oxygen atoms in total. The van der Waals surface area contributed by atoms with Gasteiger partial charge in [0.2, 0.25) is 0 Å². The number of esters is 1. The van der Waals surface area contributed by atoms with Crippen LogP contribution in [0.5, 0.6) is 0 Å².